The van der Waals surface area contributed by atoms with Gasteiger partial charge in [0.15, 0.2) is 5.82 Å². The molecule has 0 saturated carbocycles. The molecule has 96 valence electrons. The summed E-state index contributed by atoms with van der Waals surface area (Å²) >= 11 is 0. The first kappa shape index (κ1) is 12.5. The number of rotatable bonds is 3. The van der Waals surface area contributed by atoms with E-state index in [0.717, 1.165) is 29.2 Å². The van der Waals surface area contributed by atoms with Gasteiger partial charge in [0, 0.05) is 11.3 Å². The van der Waals surface area contributed by atoms with Crippen LogP contribution in [0.3, 0.4) is 0 Å². The smallest absolute Gasteiger partial charge is 0.162 e. The van der Waals surface area contributed by atoms with E-state index in [9.17, 15) is 0 Å². The van der Waals surface area contributed by atoms with Crippen LogP contribution in [-0.2, 0) is 6.42 Å². The van der Waals surface area contributed by atoms with Crippen LogP contribution < -0.4 is 11.3 Å². The van der Waals surface area contributed by atoms with E-state index in [1.807, 2.05) is 18.5 Å². The van der Waals surface area contributed by atoms with Crippen molar-refractivity contribution in [2.75, 3.05) is 5.43 Å². The number of anilines is 1. The van der Waals surface area contributed by atoms with E-state index in [0.29, 0.717) is 5.82 Å². The first-order valence-electron chi connectivity index (χ1n) is 5.93. The van der Waals surface area contributed by atoms with Gasteiger partial charge in [-0.3, -0.25) is 0 Å². The third-order valence-electron chi connectivity index (χ3n) is 3.19. The van der Waals surface area contributed by atoms with Gasteiger partial charge in [0.1, 0.15) is 12.1 Å². The third-order valence-corrected chi connectivity index (χ3v) is 3.19. The van der Waals surface area contributed by atoms with E-state index in [4.69, 9.17) is 5.84 Å². The Bertz CT molecular complexity index is 572. The molecule has 0 saturated heterocycles. The molecule has 0 unspecified atom stereocenters. The zero-order valence-electron chi connectivity index (χ0n) is 11.2. The monoisotopic (exact) mass is 246 g/mol. The lowest BCUT2D eigenvalue weighted by Crippen LogP contribution is -2.13. The molecule has 0 aliphatic rings. The summed E-state index contributed by atoms with van der Waals surface area (Å²) < 4.78 is 1.85. The lowest BCUT2D eigenvalue weighted by molar-refractivity contribution is 0.792. The largest absolute Gasteiger partial charge is 0.308 e. The van der Waals surface area contributed by atoms with Crippen LogP contribution >= 0.6 is 0 Å². The number of nitrogens with zero attached hydrogens (tertiary/aromatic N) is 4. The van der Waals surface area contributed by atoms with Crippen LogP contribution in [0.2, 0.25) is 0 Å². The zero-order chi connectivity index (χ0) is 13.3. The minimum Gasteiger partial charge on any atom is -0.308 e. The maximum Gasteiger partial charge on any atom is 0.162 e. The Morgan fingerprint density at radius 1 is 1.28 bits per heavy atom. The molecule has 0 aliphatic carbocycles. The SMILES string of the molecule is CCc1c(C)nn(-c2ncnc(NN)c2C)c1C. The lowest BCUT2D eigenvalue weighted by atomic mass is 10.1. The van der Waals surface area contributed by atoms with Crippen molar-refractivity contribution >= 4 is 5.82 Å². The van der Waals surface area contributed by atoms with E-state index < -0.39 is 0 Å². The Balaban J connectivity index is 2.62. The number of hydrazine groups is 1. The molecule has 0 aromatic carbocycles. The number of hydrogen-bond acceptors (Lipinski definition) is 5. The van der Waals surface area contributed by atoms with E-state index >= 15 is 0 Å². The summed E-state index contributed by atoms with van der Waals surface area (Å²) in [4.78, 5) is 8.37. The normalized spacial score (nSPS) is 10.7. The van der Waals surface area contributed by atoms with Gasteiger partial charge < -0.3 is 5.43 Å². The molecule has 0 amide bonds. The first-order valence-corrected chi connectivity index (χ1v) is 5.93. The van der Waals surface area contributed by atoms with Gasteiger partial charge in [-0.15, -0.1) is 0 Å². The molecule has 0 radical (unpaired) electrons. The Labute approximate surface area is 106 Å². The second kappa shape index (κ2) is 4.73. The number of hydrogen-bond donors (Lipinski definition) is 2. The summed E-state index contributed by atoms with van der Waals surface area (Å²) in [7, 11) is 0. The topological polar surface area (TPSA) is 81.7 Å². The molecule has 6 heteroatoms. The quantitative estimate of drug-likeness (QED) is 0.632. The molecule has 0 fully saturated rings. The number of nitrogens with one attached hydrogen (secondary N) is 1. The van der Waals surface area contributed by atoms with E-state index in [1.54, 1.807) is 0 Å². The number of nitrogen functional groups attached to an aromatic ring is 1. The summed E-state index contributed by atoms with van der Waals surface area (Å²) in [5.41, 5.74) is 6.86. The fourth-order valence-corrected chi connectivity index (χ4v) is 2.19. The standard InChI is InChI=1S/C12H18N6/c1-5-10-8(3)17-18(9(10)4)12-7(2)11(16-13)14-6-15-12/h6H,5,13H2,1-4H3,(H,14,15,16). The van der Waals surface area contributed by atoms with Crippen molar-refractivity contribution in [2.45, 2.75) is 34.1 Å². The molecule has 2 aromatic heterocycles. The van der Waals surface area contributed by atoms with Crippen molar-refractivity contribution in [1.82, 2.24) is 19.7 Å². The predicted molar refractivity (Wildman–Crippen MR) is 70.6 cm³/mol. The van der Waals surface area contributed by atoms with Crippen LogP contribution in [-0.4, -0.2) is 19.7 Å². The molecule has 0 spiro atoms. The molecule has 3 N–H and O–H groups in total. The number of aryl methyl sites for hydroxylation is 1. The zero-order valence-corrected chi connectivity index (χ0v) is 11.2. The van der Waals surface area contributed by atoms with Gasteiger partial charge in [0.25, 0.3) is 0 Å². The summed E-state index contributed by atoms with van der Waals surface area (Å²) in [5, 5.41) is 4.55. The second-order valence-corrected chi connectivity index (χ2v) is 4.23. The van der Waals surface area contributed by atoms with Gasteiger partial charge in [-0.25, -0.2) is 20.5 Å². The highest BCUT2D eigenvalue weighted by Crippen LogP contribution is 2.21. The van der Waals surface area contributed by atoms with Crippen molar-refractivity contribution in [3.63, 3.8) is 0 Å². The Hall–Kier alpha value is -1.95. The maximum absolute atomic E-state index is 5.43. The van der Waals surface area contributed by atoms with Gasteiger partial charge in [-0.1, -0.05) is 6.92 Å². The Morgan fingerprint density at radius 3 is 2.56 bits per heavy atom. The van der Waals surface area contributed by atoms with Crippen molar-refractivity contribution in [3.8, 4) is 5.82 Å². The highest BCUT2D eigenvalue weighted by Gasteiger charge is 2.15. The lowest BCUT2D eigenvalue weighted by Gasteiger charge is -2.10. The maximum atomic E-state index is 5.43. The van der Waals surface area contributed by atoms with Crippen molar-refractivity contribution in [2.24, 2.45) is 5.84 Å². The number of aromatic nitrogens is 4. The van der Waals surface area contributed by atoms with Crippen LogP contribution in [0.25, 0.3) is 5.82 Å². The van der Waals surface area contributed by atoms with Crippen molar-refractivity contribution < 1.29 is 0 Å². The van der Waals surface area contributed by atoms with Gasteiger partial charge in [-0.05, 0) is 32.8 Å². The molecular weight excluding hydrogens is 228 g/mol. The van der Waals surface area contributed by atoms with E-state index in [2.05, 4.69) is 34.3 Å². The third kappa shape index (κ3) is 1.84. The van der Waals surface area contributed by atoms with Crippen molar-refractivity contribution in [1.29, 1.82) is 0 Å². The highest BCUT2D eigenvalue weighted by atomic mass is 15.3. The van der Waals surface area contributed by atoms with Crippen LogP contribution in [0.5, 0.6) is 0 Å². The Morgan fingerprint density at radius 2 is 2.00 bits per heavy atom. The minimum absolute atomic E-state index is 0.616. The predicted octanol–water partition coefficient (Wildman–Crippen LogP) is 1.44. The number of nitrogens with two attached hydrogens (primary N) is 1. The van der Waals surface area contributed by atoms with Crippen molar-refractivity contribution in [3.05, 3.63) is 28.8 Å². The molecule has 0 aliphatic heterocycles. The summed E-state index contributed by atoms with van der Waals surface area (Å²) in [6, 6.07) is 0. The fourth-order valence-electron chi connectivity index (χ4n) is 2.19. The molecule has 18 heavy (non-hydrogen) atoms. The minimum atomic E-state index is 0.616. The molecule has 6 nitrogen and oxygen atoms in total. The van der Waals surface area contributed by atoms with Crippen LogP contribution in [0.15, 0.2) is 6.33 Å². The van der Waals surface area contributed by atoms with E-state index in [1.165, 1.54) is 11.9 Å². The fraction of sp³-hybridized carbons (Fsp3) is 0.417. The molecule has 2 aromatic rings. The molecule has 0 bridgehead atoms. The highest BCUT2D eigenvalue weighted by molar-refractivity contribution is 5.50. The van der Waals surface area contributed by atoms with Gasteiger partial charge in [0.05, 0.1) is 5.69 Å². The average Bonchev–Trinajstić information content (AvgIpc) is 2.64. The average molecular weight is 246 g/mol. The van der Waals surface area contributed by atoms with Crippen LogP contribution in [0.4, 0.5) is 5.82 Å². The van der Waals surface area contributed by atoms with E-state index in [-0.39, 0.29) is 0 Å². The van der Waals surface area contributed by atoms with Gasteiger partial charge in [-0.2, -0.15) is 5.10 Å². The summed E-state index contributed by atoms with van der Waals surface area (Å²) in [6.07, 6.45) is 2.45. The first-order chi connectivity index (χ1) is 8.60. The Kier molecular flexibility index (Phi) is 3.29. The molecule has 2 rings (SSSR count). The summed E-state index contributed by atoms with van der Waals surface area (Å²) in [6.45, 7) is 8.12. The molecule has 0 atom stereocenters. The van der Waals surface area contributed by atoms with Gasteiger partial charge in [0.2, 0.25) is 0 Å². The second-order valence-electron chi connectivity index (χ2n) is 4.23. The van der Waals surface area contributed by atoms with Crippen LogP contribution in [0.1, 0.15) is 29.4 Å². The molecule has 2 heterocycles. The van der Waals surface area contributed by atoms with Gasteiger partial charge >= 0.3 is 0 Å². The molecular formula is C12H18N6. The van der Waals surface area contributed by atoms with Crippen LogP contribution in [0, 0.1) is 20.8 Å². The summed E-state index contributed by atoms with van der Waals surface area (Å²) in [5.74, 6) is 6.81.